The van der Waals surface area contributed by atoms with Gasteiger partial charge in [0.2, 0.25) is 0 Å². The van der Waals surface area contributed by atoms with E-state index in [2.05, 4.69) is 35.4 Å². The number of hydrogen-bond acceptors (Lipinski definition) is 3. The van der Waals surface area contributed by atoms with Gasteiger partial charge in [-0.25, -0.2) is 9.50 Å². The summed E-state index contributed by atoms with van der Waals surface area (Å²) in [5.74, 6) is 0. The summed E-state index contributed by atoms with van der Waals surface area (Å²) in [7, 11) is 0. The van der Waals surface area contributed by atoms with E-state index in [-0.39, 0.29) is 5.56 Å². The number of benzene rings is 2. The summed E-state index contributed by atoms with van der Waals surface area (Å²) in [6.07, 6.45) is 3.93. The number of fused-ring (bicyclic) bond motifs is 2. The van der Waals surface area contributed by atoms with Crippen LogP contribution in [0, 0.1) is 0 Å². The molecule has 1 aliphatic rings. The maximum Gasteiger partial charge on any atom is 0.276 e. The molecule has 0 fully saturated rings. The molecule has 1 aliphatic carbocycles. The molecule has 2 aromatic carbocycles. The van der Waals surface area contributed by atoms with E-state index in [0.717, 1.165) is 53.1 Å². The number of aromatic nitrogens is 3. The molecule has 2 heterocycles. The number of aromatic amines is 1. The first-order valence-corrected chi connectivity index (χ1v) is 10.1. The van der Waals surface area contributed by atoms with Gasteiger partial charge >= 0.3 is 0 Å². The topological polar surface area (TPSA) is 50.2 Å². The Morgan fingerprint density at radius 2 is 1.74 bits per heavy atom. The van der Waals surface area contributed by atoms with Crippen LogP contribution < -0.4 is 5.56 Å². The molecule has 0 aliphatic heterocycles. The lowest BCUT2D eigenvalue weighted by Crippen LogP contribution is -2.24. The predicted octanol–water partition coefficient (Wildman–Crippen LogP) is 4.72. The normalized spacial score (nSPS) is 13.6. The lowest BCUT2D eigenvalue weighted by Gasteiger charge is -2.13. The molecule has 0 amide bonds. The summed E-state index contributed by atoms with van der Waals surface area (Å²) in [4.78, 5) is 19.9. The van der Waals surface area contributed by atoms with E-state index in [4.69, 9.17) is 4.98 Å². The number of nitrogens with zero attached hydrogens (tertiary/aromatic N) is 2. The monoisotopic (exact) mass is 373 g/mol. The van der Waals surface area contributed by atoms with Crippen LogP contribution in [-0.4, -0.2) is 14.6 Å². The second-order valence-electron chi connectivity index (χ2n) is 6.86. The van der Waals surface area contributed by atoms with Gasteiger partial charge in [-0.2, -0.15) is 0 Å². The van der Waals surface area contributed by atoms with Crippen LogP contribution in [0.3, 0.4) is 0 Å². The average Bonchev–Trinajstić information content (AvgIpc) is 3.14. The van der Waals surface area contributed by atoms with Crippen LogP contribution in [0.2, 0.25) is 0 Å². The highest BCUT2D eigenvalue weighted by atomic mass is 32.2. The minimum absolute atomic E-state index is 0.0516. The molecule has 0 spiro atoms. The van der Waals surface area contributed by atoms with E-state index < -0.39 is 0 Å². The van der Waals surface area contributed by atoms with E-state index >= 15 is 0 Å². The van der Waals surface area contributed by atoms with E-state index in [1.54, 1.807) is 16.3 Å². The van der Waals surface area contributed by atoms with Crippen molar-refractivity contribution in [2.75, 3.05) is 0 Å². The summed E-state index contributed by atoms with van der Waals surface area (Å²) in [6, 6.07) is 20.7. The van der Waals surface area contributed by atoms with E-state index in [1.165, 1.54) is 4.90 Å². The average molecular weight is 373 g/mol. The van der Waals surface area contributed by atoms with Crippen molar-refractivity contribution in [2.45, 2.75) is 35.5 Å². The van der Waals surface area contributed by atoms with Gasteiger partial charge in [-0.15, -0.1) is 0 Å². The zero-order chi connectivity index (χ0) is 18.2. The van der Waals surface area contributed by atoms with Crippen molar-refractivity contribution in [3.63, 3.8) is 0 Å². The minimum atomic E-state index is 0.0516. The smallest absolute Gasteiger partial charge is 0.276 e. The summed E-state index contributed by atoms with van der Waals surface area (Å²) in [6.45, 7) is 0. The first-order chi connectivity index (χ1) is 13.3. The van der Waals surface area contributed by atoms with Gasteiger partial charge in [0, 0.05) is 27.0 Å². The lowest BCUT2D eigenvalue weighted by atomic mass is 9.97. The van der Waals surface area contributed by atoms with Crippen LogP contribution in [0.1, 0.15) is 24.1 Å². The molecule has 4 nitrogen and oxygen atoms in total. The maximum atomic E-state index is 12.8. The van der Waals surface area contributed by atoms with Gasteiger partial charge in [-0.05, 0) is 49.9 Å². The molecule has 0 atom stereocenters. The lowest BCUT2D eigenvalue weighted by molar-refractivity contribution is 0.651. The molecule has 4 aromatic rings. The van der Waals surface area contributed by atoms with Gasteiger partial charge in [-0.3, -0.25) is 9.89 Å². The maximum absolute atomic E-state index is 12.8. The first-order valence-electron chi connectivity index (χ1n) is 9.25. The van der Waals surface area contributed by atoms with Gasteiger partial charge in [-0.1, -0.05) is 42.1 Å². The fraction of sp³-hybridized carbons (Fsp3) is 0.182. The number of aryl methyl sites for hydroxylation is 1. The van der Waals surface area contributed by atoms with Gasteiger partial charge in [0.05, 0.1) is 11.4 Å². The van der Waals surface area contributed by atoms with E-state index in [0.29, 0.717) is 5.65 Å². The van der Waals surface area contributed by atoms with Crippen LogP contribution in [0.15, 0.2) is 75.2 Å². The summed E-state index contributed by atoms with van der Waals surface area (Å²) < 4.78 is 1.59. The quantitative estimate of drug-likeness (QED) is 0.565. The van der Waals surface area contributed by atoms with Crippen molar-refractivity contribution < 1.29 is 0 Å². The van der Waals surface area contributed by atoms with Crippen LogP contribution in [0.4, 0.5) is 0 Å². The molecular formula is C22H19N3OS. The Hall–Kier alpha value is -2.79. The van der Waals surface area contributed by atoms with Crippen LogP contribution in [0.5, 0.6) is 0 Å². The van der Waals surface area contributed by atoms with Crippen molar-refractivity contribution in [1.82, 2.24) is 14.6 Å². The molecule has 2 aromatic heterocycles. The molecule has 5 heteroatoms. The zero-order valence-corrected chi connectivity index (χ0v) is 15.6. The largest absolute Gasteiger partial charge is 0.289 e. The Bertz CT molecular complexity index is 1180. The summed E-state index contributed by atoms with van der Waals surface area (Å²) in [5.41, 5.74) is 4.58. The van der Waals surface area contributed by atoms with Gasteiger partial charge in [0.15, 0.2) is 5.65 Å². The van der Waals surface area contributed by atoms with Crippen LogP contribution >= 0.6 is 11.8 Å². The number of rotatable bonds is 3. The second kappa shape index (κ2) is 6.74. The number of H-pyrrole nitrogens is 1. The molecule has 0 unspecified atom stereocenters. The molecule has 1 N–H and O–H groups in total. The molecule has 0 saturated heterocycles. The van der Waals surface area contributed by atoms with Crippen molar-refractivity contribution in [2.24, 2.45) is 0 Å². The highest BCUT2D eigenvalue weighted by molar-refractivity contribution is 7.99. The van der Waals surface area contributed by atoms with E-state index in [9.17, 15) is 4.79 Å². The zero-order valence-electron chi connectivity index (χ0n) is 14.8. The Kier molecular flexibility index (Phi) is 4.09. The Morgan fingerprint density at radius 3 is 2.63 bits per heavy atom. The Balaban J connectivity index is 1.55. The third-order valence-corrected chi connectivity index (χ3v) is 6.01. The van der Waals surface area contributed by atoms with Crippen molar-refractivity contribution in [3.05, 3.63) is 82.3 Å². The fourth-order valence-electron chi connectivity index (χ4n) is 3.66. The molecule has 27 heavy (non-hydrogen) atoms. The first kappa shape index (κ1) is 16.4. The SMILES string of the molecule is O=c1c2c(nc3cc(-c4cccc(Sc5ccccc5)c4)[nH]n13)CCCC2. The van der Waals surface area contributed by atoms with Crippen LogP contribution in [0.25, 0.3) is 16.9 Å². The van der Waals surface area contributed by atoms with E-state index in [1.807, 2.05) is 30.3 Å². The molecule has 0 saturated carbocycles. The van der Waals surface area contributed by atoms with Gasteiger partial charge in [0.1, 0.15) is 0 Å². The van der Waals surface area contributed by atoms with Crippen molar-refractivity contribution in [3.8, 4) is 11.3 Å². The Morgan fingerprint density at radius 1 is 0.926 bits per heavy atom. The summed E-state index contributed by atoms with van der Waals surface area (Å²) >= 11 is 1.73. The Labute approximate surface area is 161 Å². The second-order valence-corrected chi connectivity index (χ2v) is 8.00. The molecule has 0 bridgehead atoms. The molecule has 5 rings (SSSR count). The third-order valence-electron chi connectivity index (χ3n) is 5.01. The highest BCUT2D eigenvalue weighted by Crippen LogP contribution is 2.30. The van der Waals surface area contributed by atoms with Gasteiger partial charge in [0.25, 0.3) is 5.56 Å². The molecule has 0 radical (unpaired) electrons. The van der Waals surface area contributed by atoms with Crippen molar-refractivity contribution >= 4 is 17.4 Å². The summed E-state index contributed by atoms with van der Waals surface area (Å²) in [5, 5.41) is 3.25. The minimum Gasteiger partial charge on any atom is -0.289 e. The predicted molar refractivity (Wildman–Crippen MR) is 108 cm³/mol. The standard InChI is InChI=1S/C22H19N3OS/c26-22-18-11-4-5-12-19(18)23-21-14-20(24-25(21)22)15-7-6-10-17(13-15)27-16-8-2-1-3-9-16/h1-3,6-10,13-14,24H,4-5,11-12H2. The number of hydrogen-bond donors (Lipinski definition) is 1. The number of nitrogens with one attached hydrogen (secondary N) is 1. The molecule has 134 valence electrons. The van der Waals surface area contributed by atoms with Crippen molar-refractivity contribution in [1.29, 1.82) is 0 Å². The fourth-order valence-corrected chi connectivity index (χ4v) is 4.55. The van der Waals surface area contributed by atoms with Gasteiger partial charge < -0.3 is 0 Å². The highest BCUT2D eigenvalue weighted by Gasteiger charge is 2.18. The van der Waals surface area contributed by atoms with Crippen LogP contribution in [-0.2, 0) is 12.8 Å². The molecular weight excluding hydrogens is 354 g/mol. The third kappa shape index (κ3) is 3.08.